The molecule has 0 aliphatic rings. The summed E-state index contributed by atoms with van der Waals surface area (Å²) >= 11 is 0. The number of phenolic OH excluding ortho intramolecular Hbond substituents is 1. The quantitative estimate of drug-likeness (QED) is 0.318. The second-order valence-electron chi connectivity index (χ2n) is 7.85. The summed E-state index contributed by atoms with van der Waals surface area (Å²) in [4.78, 5) is 29.9. The molecule has 0 spiro atoms. The Hall–Kier alpha value is -5.00. The molecule has 1 heterocycles. The highest BCUT2D eigenvalue weighted by molar-refractivity contribution is 6.05. The fourth-order valence-corrected chi connectivity index (χ4v) is 3.69. The van der Waals surface area contributed by atoms with Gasteiger partial charge >= 0.3 is 0 Å². The van der Waals surface area contributed by atoms with Crippen LogP contribution in [0.2, 0.25) is 0 Å². The Labute approximate surface area is 208 Å². The van der Waals surface area contributed by atoms with Gasteiger partial charge in [-0.2, -0.15) is 5.26 Å². The number of nitriles is 1. The van der Waals surface area contributed by atoms with Gasteiger partial charge in [-0.1, -0.05) is 42.5 Å². The van der Waals surface area contributed by atoms with Crippen LogP contribution in [0.25, 0.3) is 22.4 Å². The number of rotatable bonds is 7. The van der Waals surface area contributed by atoms with E-state index in [0.717, 1.165) is 0 Å². The van der Waals surface area contributed by atoms with E-state index in [0.29, 0.717) is 46.6 Å². The number of nitrogens with two attached hydrogens (primary N) is 1. The number of carbonyl (C=O) groups excluding carboxylic acids is 2. The lowest BCUT2D eigenvalue weighted by Crippen LogP contribution is -2.28. The first kappa shape index (κ1) is 24.1. The van der Waals surface area contributed by atoms with Crippen LogP contribution in [0.3, 0.4) is 0 Å². The molecular weight excluding hydrogens is 454 g/mol. The van der Waals surface area contributed by atoms with E-state index in [9.17, 15) is 20.0 Å². The third kappa shape index (κ3) is 5.22. The largest absolute Gasteiger partial charge is 0.507 e. The van der Waals surface area contributed by atoms with E-state index in [2.05, 4.69) is 21.7 Å². The van der Waals surface area contributed by atoms with Gasteiger partial charge in [-0.25, -0.2) is 4.98 Å². The van der Waals surface area contributed by atoms with E-state index in [1.165, 1.54) is 6.07 Å². The summed E-state index contributed by atoms with van der Waals surface area (Å²) in [6.45, 7) is 0.637. The van der Waals surface area contributed by atoms with Gasteiger partial charge in [0.15, 0.2) is 5.82 Å². The number of hydrogen-bond donors (Lipinski definition) is 4. The van der Waals surface area contributed by atoms with Crippen molar-refractivity contribution in [3.05, 3.63) is 102 Å². The van der Waals surface area contributed by atoms with Gasteiger partial charge in [0.1, 0.15) is 17.4 Å². The summed E-state index contributed by atoms with van der Waals surface area (Å²) in [6, 6.07) is 25.8. The average molecular weight is 478 g/mol. The van der Waals surface area contributed by atoms with E-state index >= 15 is 0 Å². The van der Waals surface area contributed by atoms with Crippen LogP contribution < -0.4 is 16.4 Å². The molecule has 5 N–H and O–H groups in total. The van der Waals surface area contributed by atoms with Crippen molar-refractivity contribution >= 4 is 17.6 Å². The van der Waals surface area contributed by atoms with Gasteiger partial charge in [-0.15, -0.1) is 0 Å². The number of nitrogens with zero attached hydrogens (tertiary/aromatic N) is 2. The van der Waals surface area contributed by atoms with Gasteiger partial charge < -0.3 is 21.5 Å². The highest BCUT2D eigenvalue weighted by Crippen LogP contribution is 2.35. The second kappa shape index (κ2) is 11.0. The lowest BCUT2D eigenvalue weighted by molar-refractivity contribution is 0.0954. The van der Waals surface area contributed by atoms with Crippen molar-refractivity contribution in [1.29, 1.82) is 5.26 Å². The molecule has 4 aromatic rings. The normalized spacial score (nSPS) is 10.3. The van der Waals surface area contributed by atoms with Crippen molar-refractivity contribution in [3.63, 3.8) is 0 Å². The first-order valence-electron chi connectivity index (χ1n) is 11.2. The number of amides is 2. The van der Waals surface area contributed by atoms with Crippen molar-refractivity contribution in [2.45, 2.75) is 0 Å². The molecule has 0 aliphatic heterocycles. The van der Waals surface area contributed by atoms with Gasteiger partial charge in [0.05, 0.1) is 5.69 Å². The van der Waals surface area contributed by atoms with Crippen LogP contribution in [0, 0.1) is 11.3 Å². The number of phenols is 1. The molecule has 0 saturated carbocycles. The lowest BCUT2D eigenvalue weighted by Gasteiger charge is -2.15. The molecule has 3 aromatic carbocycles. The third-order valence-electron chi connectivity index (χ3n) is 5.44. The minimum Gasteiger partial charge on any atom is -0.507 e. The maximum absolute atomic E-state index is 12.9. The lowest BCUT2D eigenvalue weighted by atomic mass is 9.96. The molecule has 8 nitrogen and oxygen atoms in total. The molecule has 1 aromatic heterocycles. The zero-order valence-electron chi connectivity index (χ0n) is 19.2. The molecule has 0 fully saturated rings. The van der Waals surface area contributed by atoms with Crippen LogP contribution in [0.15, 0.2) is 84.9 Å². The Kier molecular flexibility index (Phi) is 7.34. The number of benzene rings is 3. The zero-order valence-corrected chi connectivity index (χ0v) is 19.2. The number of nitrogens with one attached hydrogen (secondary N) is 2. The van der Waals surface area contributed by atoms with Crippen molar-refractivity contribution < 1.29 is 14.7 Å². The molecule has 4 rings (SSSR count). The molecule has 0 unspecified atom stereocenters. The molecule has 0 bridgehead atoms. The summed E-state index contributed by atoms with van der Waals surface area (Å²) in [5.74, 6) is -0.695. The average Bonchev–Trinajstić information content (AvgIpc) is 2.92. The zero-order chi connectivity index (χ0) is 25.5. The summed E-state index contributed by atoms with van der Waals surface area (Å²) in [7, 11) is 0. The minimum atomic E-state index is -0.435. The van der Waals surface area contributed by atoms with Crippen molar-refractivity contribution in [3.8, 4) is 34.2 Å². The van der Waals surface area contributed by atoms with Crippen molar-refractivity contribution in [2.24, 2.45) is 5.73 Å². The molecule has 36 heavy (non-hydrogen) atoms. The van der Waals surface area contributed by atoms with Crippen molar-refractivity contribution in [2.75, 3.05) is 18.4 Å². The van der Waals surface area contributed by atoms with Crippen LogP contribution >= 0.6 is 0 Å². The van der Waals surface area contributed by atoms with Gasteiger partial charge in [0.2, 0.25) is 0 Å². The Morgan fingerprint density at radius 2 is 1.61 bits per heavy atom. The van der Waals surface area contributed by atoms with Crippen LogP contribution in [0.5, 0.6) is 5.75 Å². The monoisotopic (exact) mass is 477 g/mol. The highest BCUT2D eigenvalue weighted by Gasteiger charge is 2.19. The molecule has 8 heteroatoms. The molecule has 0 radical (unpaired) electrons. The van der Waals surface area contributed by atoms with Crippen LogP contribution in [-0.2, 0) is 0 Å². The predicted octanol–water partition coefficient (Wildman–Crippen LogP) is 3.93. The Morgan fingerprint density at radius 1 is 0.889 bits per heavy atom. The van der Waals surface area contributed by atoms with Gasteiger partial charge in [0.25, 0.3) is 11.8 Å². The van der Waals surface area contributed by atoms with E-state index < -0.39 is 5.91 Å². The maximum atomic E-state index is 12.9. The molecule has 0 aliphatic carbocycles. The molecule has 178 valence electrons. The van der Waals surface area contributed by atoms with E-state index in [1.54, 1.807) is 78.9 Å². The van der Waals surface area contributed by atoms with Crippen LogP contribution in [0.1, 0.15) is 26.3 Å². The Morgan fingerprint density at radius 3 is 2.33 bits per heavy atom. The van der Waals surface area contributed by atoms with Crippen LogP contribution in [0.4, 0.5) is 5.82 Å². The summed E-state index contributed by atoms with van der Waals surface area (Å²) < 4.78 is 0. The number of anilines is 1. The van der Waals surface area contributed by atoms with E-state index in [4.69, 9.17) is 5.73 Å². The summed E-state index contributed by atoms with van der Waals surface area (Å²) in [5, 5.41) is 26.0. The standard InChI is InChI=1S/C28H23N5O3/c29-13-14-31-27(35)20-10-6-9-19(15-20)22-16-24(21-11-4-5-12-25(21)34)32-26(23(22)17-30)33-28(36)18-7-2-1-3-8-18/h1-12,15-16,34H,13-14,29H2,(H,31,35)(H,32,33,36). The van der Waals surface area contributed by atoms with Gasteiger partial charge in [-0.3, -0.25) is 9.59 Å². The Balaban J connectivity index is 1.87. The van der Waals surface area contributed by atoms with Crippen molar-refractivity contribution in [1.82, 2.24) is 10.3 Å². The number of aromatic hydroxyl groups is 1. The minimum absolute atomic E-state index is 0.00379. The predicted molar refractivity (Wildman–Crippen MR) is 137 cm³/mol. The fraction of sp³-hybridized carbons (Fsp3) is 0.0714. The highest BCUT2D eigenvalue weighted by atomic mass is 16.3. The maximum Gasteiger partial charge on any atom is 0.256 e. The molecular formula is C28H23N5O3. The number of carbonyl (C=O) groups is 2. The van der Waals surface area contributed by atoms with Gasteiger partial charge in [-0.05, 0) is 48.0 Å². The second-order valence-corrected chi connectivity index (χ2v) is 7.85. The molecule has 0 atom stereocenters. The number of pyridine rings is 1. The smallest absolute Gasteiger partial charge is 0.256 e. The first-order valence-corrected chi connectivity index (χ1v) is 11.2. The first-order chi connectivity index (χ1) is 17.5. The van der Waals surface area contributed by atoms with Gasteiger partial charge in [0, 0.05) is 35.3 Å². The fourth-order valence-electron chi connectivity index (χ4n) is 3.69. The van der Waals surface area contributed by atoms with E-state index in [-0.39, 0.29) is 23.0 Å². The number of hydrogen-bond acceptors (Lipinski definition) is 6. The molecule has 2 amide bonds. The number of para-hydroxylation sites is 1. The summed E-state index contributed by atoms with van der Waals surface area (Å²) in [5.41, 5.74) is 8.19. The summed E-state index contributed by atoms with van der Waals surface area (Å²) in [6.07, 6.45) is 0. The van der Waals surface area contributed by atoms with E-state index in [1.807, 2.05) is 0 Å². The SMILES string of the molecule is N#Cc1c(-c2cccc(C(=O)NCCN)c2)cc(-c2ccccc2O)nc1NC(=O)c1ccccc1. The topological polar surface area (TPSA) is 141 Å². The third-order valence-corrected chi connectivity index (χ3v) is 5.44. The molecule has 0 saturated heterocycles. The number of aromatic nitrogens is 1. The van der Waals surface area contributed by atoms with Crippen LogP contribution in [-0.4, -0.2) is 35.0 Å². The Bertz CT molecular complexity index is 1460.